The van der Waals surface area contributed by atoms with E-state index in [1.165, 1.54) is 6.33 Å². The van der Waals surface area contributed by atoms with Gasteiger partial charge < -0.3 is 14.0 Å². The molecule has 8 nitrogen and oxygen atoms in total. The van der Waals surface area contributed by atoms with Gasteiger partial charge in [0.05, 0.1) is 11.8 Å². The van der Waals surface area contributed by atoms with Crippen LogP contribution in [0.3, 0.4) is 0 Å². The van der Waals surface area contributed by atoms with Gasteiger partial charge in [-0.2, -0.15) is 0 Å². The van der Waals surface area contributed by atoms with Crippen molar-refractivity contribution in [3.05, 3.63) is 53.6 Å². The molecule has 1 aromatic carbocycles. The van der Waals surface area contributed by atoms with E-state index in [0.717, 1.165) is 43.1 Å². The standard InChI is InChI=1S/C20H23N5O3/c1-14-10-19(15(2)24(14)11-18-4-3-9-27-18)20(26)12-28-17-7-5-16(6-8-17)25-13-21-22-23-25/h5-8,10,13,18H,3-4,9,11-12H2,1-2H3/t18-/m1/s1. The van der Waals surface area contributed by atoms with Gasteiger partial charge in [-0.1, -0.05) is 0 Å². The van der Waals surface area contributed by atoms with Gasteiger partial charge in [0.2, 0.25) is 5.78 Å². The Balaban J connectivity index is 1.39. The normalized spacial score (nSPS) is 16.4. The van der Waals surface area contributed by atoms with E-state index in [-0.39, 0.29) is 18.5 Å². The second kappa shape index (κ2) is 7.93. The Labute approximate surface area is 163 Å². The number of aryl methyl sites for hydroxylation is 1. The Morgan fingerprint density at radius 3 is 2.79 bits per heavy atom. The fourth-order valence-electron chi connectivity index (χ4n) is 3.56. The number of tetrazole rings is 1. The average molecular weight is 381 g/mol. The lowest BCUT2D eigenvalue weighted by Crippen LogP contribution is -2.18. The molecule has 8 heteroatoms. The van der Waals surface area contributed by atoms with Gasteiger partial charge in [0, 0.05) is 30.1 Å². The van der Waals surface area contributed by atoms with Crippen molar-refractivity contribution >= 4 is 5.78 Å². The van der Waals surface area contributed by atoms with Crippen molar-refractivity contribution in [2.45, 2.75) is 39.3 Å². The number of nitrogens with zero attached hydrogens (tertiary/aromatic N) is 5. The summed E-state index contributed by atoms with van der Waals surface area (Å²) in [6, 6.07) is 9.21. The molecule has 1 aliphatic rings. The predicted octanol–water partition coefficient (Wildman–Crippen LogP) is 2.52. The lowest BCUT2D eigenvalue weighted by Gasteiger charge is -2.14. The van der Waals surface area contributed by atoms with Crippen molar-refractivity contribution in [1.29, 1.82) is 0 Å². The molecule has 0 bridgehead atoms. The van der Waals surface area contributed by atoms with Gasteiger partial charge in [-0.15, -0.1) is 5.10 Å². The van der Waals surface area contributed by atoms with E-state index >= 15 is 0 Å². The molecule has 3 aromatic rings. The number of ketones is 1. The second-order valence-corrected chi connectivity index (χ2v) is 6.99. The molecule has 1 atom stereocenters. The maximum atomic E-state index is 12.7. The van der Waals surface area contributed by atoms with Crippen LogP contribution in [0.25, 0.3) is 5.69 Å². The maximum Gasteiger partial charge on any atom is 0.202 e. The van der Waals surface area contributed by atoms with Crippen LogP contribution in [-0.2, 0) is 11.3 Å². The van der Waals surface area contributed by atoms with Crippen LogP contribution in [0.1, 0.15) is 34.6 Å². The van der Waals surface area contributed by atoms with Gasteiger partial charge in [-0.25, -0.2) is 4.68 Å². The molecule has 0 amide bonds. The van der Waals surface area contributed by atoms with Crippen molar-refractivity contribution in [1.82, 2.24) is 24.8 Å². The maximum absolute atomic E-state index is 12.7. The fraction of sp³-hybridized carbons (Fsp3) is 0.400. The van der Waals surface area contributed by atoms with E-state index in [1.807, 2.05) is 32.0 Å². The fourth-order valence-corrected chi connectivity index (χ4v) is 3.56. The third-order valence-electron chi connectivity index (χ3n) is 5.10. The molecule has 0 N–H and O–H groups in total. The minimum absolute atomic E-state index is 0.00551. The summed E-state index contributed by atoms with van der Waals surface area (Å²) in [4.78, 5) is 12.7. The molecule has 1 fully saturated rings. The summed E-state index contributed by atoms with van der Waals surface area (Å²) < 4.78 is 15.1. The van der Waals surface area contributed by atoms with E-state index in [4.69, 9.17) is 9.47 Å². The number of benzene rings is 1. The Kier molecular flexibility index (Phi) is 5.21. The number of hydrogen-bond donors (Lipinski definition) is 0. The lowest BCUT2D eigenvalue weighted by atomic mass is 10.1. The molecule has 3 heterocycles. The summed E-state index contributed by atoms with van der Waals surface area (Å²) in [5.74, 6) is 0.592. The van der Waals surface area contributed by atoms with E-state index in [0.29, 0.717) is 11.3 Å². The highest BCUT2D eigenvalue weighted by molar-refractivity contribution is 5.98. The quantitative estimate of drug-likeness (QED) is 0.585. The third-order valence-corrected chi connectivity index (χ3v) is 5.10. The van der Waals surface area contributed by atoms with Crippen molar-refractivity contribution in [3.8, 4) is 11.4 Å². The summed E-state index contributed by atoms with van der Waals surface area (Å²) in [6.07, 6.45) is 3.94. The third kappa shape index (κ3) is 3.82. The lowest BCUT2D eigenvalue weighted by molar-refractivity contribution is 0.0914. The highest BCUT2D eigenvalue weighted by Gasteiger charge is 2.21. The van der Waals surface area contributed by atoms with Crippen LogP contribution in [0.5, 0.6) is 5.75 Å². The highest BCUT2D eigenvalue weighted by atomic mass is 16.5. The first-order valence-electron chi connectivity index (χ1n) is 9.39. The van der Waals surface area contributed by atoms with Crippen LogP contribution in [0.15, 0.2) is 36.7 Å². The monoisotopic (exact) mass is 381 g/mol. The van der Waals surface area contributed by atoms with Crippen molar-refractivity contribution in [2.24, 2.45) is 0 Å². The van der Waals surface area contributed by atoms with Crippen LogP contribution < -0.4 is 4.74 Å². The number of rotatable bonds is 7. The van der Waals surface area contributed by atoms with E-state index in [9.17, 15) is 4.79 Å². The molecule has 1 aliphatic heterocycles. The molecule has 0 aliphatic carbocycles. The van der Waals surface area contributed by atoms with Crippen LogP contribution >= 0.6 is 0 Å². The van der Waals surface area contributed by atoms with Gasteiger partial charge in [0.25, 0.3) is 0 Å². The summed E-state index contributed by atoms with van der Waals surface area (Å²) in [6.45, 7) is 5.63. The molecule has 146 valence electrons. The topological polar surface area (TPSA) is 84.1 Å². The number of hydrogen-bond acceptors (Lipinski definition) is 6. The number of aromatic nitrogens is 5. The highest BCUT2D eigenvalue weighted by Crippen LogP contribution is 2.21. The van der Waals surface area contributed by atoms with Gasteiger partial charge in [0.15, 0.2) is 6.61 Å². The SMILES string of the molecule is Cc1cc(C(=O)COc2ccc(-n3cnnn3)cc2)c(C)n1C[C@H]1CCCO1. The predicted molar refractivity (Wildman–Crippen MR) is 102 cm³/mol. The van der Waals surface area contributed by atoms with E-state index in [1.54, 1.807) is 16.8 Å². The van der Waals surface area contributed by atoms with Crippen LogP contribution in [0.4, 0.5) is 0 Å². The summed E-state index contributed by atoms with van der Waals surface area (Å²) in [7, 11) is 0. The van der Waals surface area contributed by atoms with E-state index < -0.39 is 0 Å². The first kappa shape index (κ1) is 18.4. The van der Waals surface area contributed by atoms with Gasteiger partial charge in [0.1, 0.15) is 12.1 Å². The van der Waals surface area contributed by atoms with Crippen molar-refractivity contribution in [2.75, 3.05) is 13.2 Å². The van der Waals surface area contributed by atoms with Gasteiger partial charge >= 0.3 is 0 Å². The zero-order valence-electron chi connectivity index (χ0n) is 16.0. The number of Topliss-reactive ketones (excluding diaryl/α,β-unsaturated/α-hetero) is 1. The molecular weight excluding hydrogens is 358 g/mol. The van der Waals surface area contributed by atoms with Crippen LogP contribution in [0.2, 0.25) is 0 Å². The smallest absolute Gasteiger partial charge is 0.202 e. The zero-order valence-corrected chi connectivity index (χ0v) is 16.0. The van der Waals surface area contributed by atoms with Crippen molar-refractivity contribution in [3.63, 3.8) is 0 Å². The number of carbonyl (C=O) groups excluding carboxylic acids is 1. The summed E-state index contributed by atoms with van der Waals surface area (Å²) >= 11 is 0. The minimum atomic E-state index is -0.0313. The Morgan fingerprint density at radius 2 is 2.11 bits per heavy atom. The number of carbonyl (C=O) groups is 1. The number of ether oxygens (including phenoxy) is 2. The van der Waals surface area contributed by atoms with Crippen LogP contribution in [-0.4, -0.2) is 49.9 Å². The Hall–Kier alpha value is -3.00. The average Bonchev–Trinajstić information content (AvgIpc) is 3.46. The molecule has 4 rings (SSSR count). The Bertz CT molecular complexity index is 941. The zero-order chi connectivity index (χ0) is 19.5. The molecular formula is C20H23N5O3. The first-order chi connectivity index (χ1) is 13.6. The van der Waals surface area contributed by atoms with Gasteiger partial charge in [-0.05, 0) is 67.4 Å². The molecule has 0 radical (unpaired) electrons. The molecule has 0 saturated carbocycles. The van der Waals surface area contributed by atoms with Gasteiger partial charge in [-0.3, -0.25) is 4.79 Å². The first-order valence-corrected chi connectivity index (χ1v) is 9.39. The molecule has 28 heavy (non-hydrogen) atoms. The van der Waals surface area contributed by atoms with Crippen LogP contribution in [0, 0.1) is 13.8 Å². The second-order valence-electron chi connectivity index (χ2n) is 6.99. The van der Waals surface area contributed by atoms with Crippen molar-refractivity contribution < 1.29 is 14.3 Å². The molecule has 0 unspecified atom stereocenters. The minimum Gasteiger partial charge on any atom is -0.485 e. The van der Waals surface area contributed by atoms with E-state index in [2.05, 4.69) is 20.1 Å². The summed E-state index contributed by atoms with van der Waals surface area (Å²) in [5.41, 5.74) is 3.57. The Morgan fingerprint density at radius 1 is 1.29 bits per heavy atom. The largest absolute Gasteiger partial charge is 0.485 e. The molecule has 1 saturated heterocycles. The molecule has 0 spiro atoms. The molecule has 2 aromatic heterocycles. The summed E-state index contributed by atoms with van der Waals surface area (Å²) in [5, 5.41) is 11.1.